The largest absolute Gasteiger partial charge is 0.396 e. The van der Waals surface area contributed by atoms with E-state index in [-0.39, 0.29) is 23.9 Å². The van der Waals surface area contributed by atoms with Gasteiger partial charge in [-0.25, -0.2) is 8.78 Å². The minimum Gasteiger partial charge on any atom is -0.396 e. The Morgan fingerprint density at radius 2 is 2.17 bits per heavy atom. The molecular formula is C16H17F2N3O2. The molecule has 1 aliphatic rings. The van der Waals surface area contributed by atoms with Crippen LogP contribution in [0.15, 0.2) is 30.3 Å². The van der Waals surface area contributed by atoms with Gasteiger partial charge >= 0.3 is 0 Å². The normalized spacial score (nSPS) is 17.4. The first-order valence-electron chi connectivity index (χ1n) is 7.34. The number of carbonyl (C=O) groups is 1. The molecule has 2 aromatic rings. The maximum atomic E-state index is 12.9. The van der Waals surface area contributed by atoms with Crippen LogP contribution < -0.4 is 4.90 Å². The van der Waals surface area contributed by atoms with Crippen molar-refractivity contribution in [1.29, 1.82) is 0 Å². The fourth-order valence-corrected chi connectivity index (χ4v) is 2.92. The first-order valence-corrected chi connectivity index (χ1v) is 7.34. The molecule has 1 aromatic carbocycles. The van der Waals surface area contributed by atoms with Crippen LogP contribution in [-0.2, 0) is 13.5 Å². The highest BCUT2D eigenvalue weighted by molar-refractivity contribution is 6.05. The summed E-state index contributed by atoms with van der Waals surface area (Å²) >= 11 is 0. The van der Waals surface area contributed by atoms with Crippen LogP contribution in [0.25, 0.3) is 0 Å². The zero-order chi connectivity index (χ0) is 16.6. The van der Waals surface area contributed by atoms with E-state index < -0.39 is 12.3 Å². The number of nitrogens with zero attached hydrogens (tertiary/aromatic N) is 3. The third kappa shape index (κ3) is 2.84. The highest BCUT2D eigenvalue weighted by Crippen LogP contribution is 2.31. The van der Waals surface area contributed by atoms with Crippen molar-refractivity contribution in [1.82, 2.24) is 9.78 Å². The van der Waals surface area contributed by atoms with Gasteiger partial charge in [0.2, 0.25) is 0 Å². The van der Waals surface area contributed by atoms with Crippen LogP contribution in [0.3, 0.4) is 0 Å². The molecule has 0 fully saturated rings. The molecule has 2 heterocycles. The van der Waals surface area contributed by atoms with Crippen LogP contribution in [0.2, 0.25) is 0 Å². The monoisotopic (exact) mass is 321 g/mol. The third-order valence-corrected chi connectivity index (χ3v) is 4.09. The molecule has 7 heteroatoms. The number of carbonyl (C=O) groups excluding carboxylic acids is 1. The number of aryl methyl sites for hydroxylation is 1. The van der Waals surface area contributed by atoms with E-state index in [0.29, 0.717) is 13.0 Å². The van der Waals surface area contributed by atoms with E-state index in [1.54, 1.807) is 0 Å². The lowest BCUT2D eigenvalue weighted by molar-refractivity contribution is 0.0969. The van der Waals surface area contributed by atoms with Crippen molar-refractivity contribution in [3.05, 3.63) is 47.3 Å². The molecule has 1 aliphatic heterocycles. The Morgan fingerprint density at radius 3 is 2.83 bits per heavy atom. The Kier molecular flexibility index (Phi) is 4.12. The SMILES string of the molecule is Cn1nc(C(=O)N2CC(CO)Cc3ccccc32)cc1C(F)F. The summed E-state index contributed by atoms with van der Waals surface area (Å²) in [5.74, 6) is -0.509. The summed E-state index contributed by atoms with van der Waals surface area (Å²) in [6, 6.07) is 8.54. The Labute approximate surface area is 132 Å². The quantitative estimate of drug-likeness (QED) is 0.942. The molecule has 0 saturated carbocycles. The van der Waals surface area contributed by atoms with Gasteiger partial charge in [0.1, 0.15) is 5.69 Å². The molecule has 5 nitrogen and oxygen atoms in total. The molecular weight excluding hydrogens is 304 g/mol. The second-order valence-electron chi connectivity index (χ2n) is 5.68. The molecule has 23 heavy (non-hydrogen) atoms. The van der Waals surface area contributed by atoms with E-state index in [2.05, 4.69) is 5.10 Å². The summed E-state index contributed by atoms with van der Waals surface area (Å²) in [5, 5.41) is 13.4. The van der Waals surface area contributed by atoms with Gasteiger partial charge in [0.15, 0.2) is 5.69 Å². The molecule has 3 rings (SSSR count). The van der Waals surface area contributed by atoms with Gasteiger partial charge in [-0.2, -0.15) is 5.10 Å². The predicted molar refractivity (Wildman–Crippen MR) is 80.6 cm³/mol. The fourth-order valence-electron chi connectivity index (χ4n) is 2.92. The van der Waals surface area contributed by atoms with Crippen molar-refractivity contribution in [2.75, 3.05) is 18.1 Å². The third-order valence-electron chi connectivity index (χ3n) is 4.09. The average molecular weight is 321 g/mol. The van der Waals surface area contributed by atoms with Crippen LogP contribution in [-0.4, -0.2) is 33.9 Å². The molecule has 1 aromatic heterocycles. The zero-order valence-corrected chi connectivity index (χ0v) is 12.6. The van der Waals surface area contributed by atoms with Crippen molar-refractivity contribution in [3.63, 3.8) is 0 Å². The van der Waals surface area contributed by atoms with E-state index in [1.807, 2.05) is 24.3 Å². The lowest BCUT2D eigenvalue weighted by atomic mass is 9.93. The molecule has 1 N–H and O–H groups in total. The number of hydrogen-bond acceptors (Lipinski definition) is 3. The Bertz CT molecular complexity index is 730. The van der Waals surface area contributed by atoms with Crippen LogP contribution in [0.5, 0.6) is 0 Å². The molecule has 1 unspecified atom stereocenters. The highest BCUT2D eigenvalue weighted by atomic mass is 19.3. The van der Waals surface area contributed by atoms with Crippen LogP contribution in [0, 0.1) is 5.92 Å². The minimum atomic E-state index is -2.69. The van der Waals surface area contributed by atoms with Crippen LogP contribution >= 0.6 is 0 Å². The number of benzene rings is 1. The first kappa shape index (κ1) is 15.6. The maximum absolute atomic E-state index is 12.9. The van der Waals surface area contributed by atoms with Gasteiger partial charge in [0, 0.05) is 31.8 Å². The molecule has 122 valence electrons. The van der Waals surface area contributed by atoms with Gasteiger partial charge in [-0.05, 0) is 24.1 Å². The maximum Gasteiger partial charge on any atom is 0.280 e. The Hall–Kier alpha value is -2.28. The molecule has 0 saturated heterocycles. The number of rotatable bonds is 3. The van der Waals surface area contributed by atoms with E-state index in [4.69, 9.17) is 0 Å². The number of anilines is 1. The minimum absolute atomic E-state index is 0.0174. The predicted octanol–water partition coefficient (Wildman–Crippen LogP) is 2.17. The molecule has 1 atom stereocenters. The lowest BCUT2D eigenvalue weighted by Crippen LogP contribution is -2.41. The lowest BCUT2D eigenvalue weighted by Gasteiger charge is -2.33. The fraction of sp³-hybridized carbons (Fsp3) is 0.375. The van der Waals surface area contributed by atoms with Crippen molar-refractivity contribution < 1.29 is 18.7 Å². The van der Waals surface area contributed by atoms with E-state index in [1.165, 1.54) is 11.9 Å². The molecule has 0 spiro atoms. The highest BCUT2D eigenvalue weighted by Gasteiger charge is 2.30. The van der Waals surface area contributed by atoms with E-state index >= 15 is 0 Å². The molecule has 1 amide bonds. The van der Waals surface area contributed by atoms with Gasteiger partial charge in [-0.3, -0.25) is 9.48 Å². The van der Waals surface area contributed by atoms with Crippen molar-refractivity contribution in [2.45, 2.75) is 12.8 Å². The molecule has 0 bridgehead atoms. The van der Waals surface area contributed by atoms with E-state index in [0.717, 1.165) is 22.0 Å². The van der Waals surface area contributed by atoms with Crippen LogP contribution in [0.1, 0.15) is 28.2 Å². The van der Waals surface area contributed by atoms with Gasteiger partial charge in [0.05, 0.1) is 0 Å². The van der Waals surface area contributed by atoms with Crippen molar-refractivity contribution >= 4 is 11.6 Å². The number of hydrogen-bond donors (Lipinski definition) is 1. The second-order valence-corrected chi connectivity index (χ2v) is 5.68. The number of halogens is 2. The smallest absolute Gasteiger partial charge is 0.280 e. The van der Waals surface area contributed by atoms with Crippen molar-refractivity contribution in [3.8, 4) is 0 Å². The number of aromatic nitrogens is 2. The number of aliphatic hydroxyl groups excluding tert-OH is 1. The summed E-state index contributed by atoms with van der Waals surface area (Å²) < 4.78 is 26.8. The summed E-state index contributed by atoms with van der Waals surface area (Å²) in [7, 11) is 1.39. The Morgan fingerprint density at radius 1 is 1.43 bits per heavy atom. The number of amides is 1. The number of aliphatic hydroxyl groups is 1. The molecule has 0 aliphatic carbocycles. The van der Waals surface area contributed by atoms with Gasteiger partial charge in [0.25, 0.3) is 12.3 Å². The summed E-state index contributed by atoms with van der Waals surface area (Å²) in [5.41, 5.74) is 1.39. The summed E-state index contributed by atoms with van der Waals surface area (Å²) in [6.45, 7) is 0.301. The zero-order valence-electron chi connectivity index (χ0n) is 12.6. The summed E-state index contributed by atoms with van der Waals surface area (Å²) in [4.78, 5) is 14.2. The van der Waals surface area contributed by atoms with Gasteiger partial charge in [-0.15, -0.1) is 0 Å². The Balaban J connectivity index is 1.97. The van der Waals surface area contributed by atoms with Crippen molar-refractivity contribution in [2.24, 2.45) is 13.0 Å². The molecule has 0 radical (unpaired) electrons. The van der Waals surface area contributed by atoms with Gasteiger partial charge < -0.3 is 10.0 Å². The first-order chi connectivity index (χ1) is 11.0. The van der Waals surface area contributed by atoms with E-state index in [9.17, 15) is 18.7 Å². The standard InChI is InChI=1S/C16H17F2N3O2/c1-20-14(15(17)18)7-12(19-20)16(23)21-8-10(9-22)6-11-4-2-3-5-13(11)21/h2-5,7,10,15,22H,6,8-9H2,1H3. The van der Waals surface area contributed by atoms with Gasteiger partial charge in [-0.1, -0.05) is 18.2 Å². The average Bonchev–Trinajstić information content (AvgIpc) is 2.95. The number of alkyl halides is 2. The second kappa shape index (κ2) is 6.08. The van der Waals surface area contributed by atoms with Crippen LogP contribution in [0.4, 0.5) is 14.5 Å². The number of para-hydroxylation sites is 1. The summed E-state index contributed by atoms with van der Waals surface area (Å²) in [6.07, 6.45) is -2.01. The topological polar surface area (TPSA) is 58.4 Å². The number of fused-ring (bicyclic) bond motifs is 1.